The van der Waals surface area contributed by atoms with Crippen LogP contribution in [0.2, 0.25) is 0 Å². The number of rotatable bonds is 5. The van der Waals surface area contributed by atoms with Gasteiger partial charge in [-0.2, -0.15) is 0 Å². The van der Waals surface area contributed by atoms with Crippen LogP contribution in [0.25, 0.3) is 0 Å². The highest BCUT2D eigenvalue weighted by Crippen LogP contribution is 2.16. The Morgan fingerprint density at radius 1 is 1.42 bits per heavy atom. The fourth-order valence-corrected chi connectivity index (χ4v) is 2.17. The third-order valence-electron chi connectivity index (χ3n) is 3.06. The van der Waals surface area contributed by atoms with Crippen molar-refractivity contribution >= 4 is 5.78 Å². The summed E-state index contributed by atoms with van der Waals surface area (Å²) in [6, 6.07) is 4.28. The number of aryl methyl sites for hydroxylation is 1. The summed E-state index contributed by atoms with van der Waals surface area (Å²) in [5.41, 5.74) is 1.25. The van der Waals surface area contributed by atoms with Crippen molar-refractivity contribution in [3.8, 4) is 0 Å². The molecule has 0 aliphatic rings. The van der Waals surface area contributed by atoms with Crippen LogP contribution >= 0.6 is 0 Å². The van der Waals surface area contributed by atoms with Crippen LogP contribution in [0.5, 0.6) is 0 Å². The van der Waals surface area contributed by atoms with Gasteiger partial charge >= 0.3 is 0 Å². The van der Waals surface area contributed by atoms with Crippen LogP contribution < -0.4 is 0 Å². The molecule has 100 valence electrons. The molecule has 4 heteroatoms. The van der Waals surface area contributed by atoms with Gasteiger partial charge in [0.1, 0.15) is 11.6 Å². The zero-order valence-corrected chi connectivity index (χ0v) is 11.2. The highest BCUT2D eigenvalue weighted by Gasteiger charge is 2.11. The van der Waals surface area contributed by atoms with Crippen LogP contribution in [0.4, 0.5) is 4.39 Å². The maximum Gasteiger partial charge on any atom is 0.160 e. The summed E-state index contributed by atoms with van der Waals surface area (Å²) in [7, 11) is 0. The first-order valence-corrected chi connectivity index (χ1v) is 6.41. The third kappa shape index (κ3) is 3.08. The van der Waals surface area contributed by atoms with E-state index in [-0.39, 0.29) is 11.6 Å². The second kappa shape index (κ2) is 5.78. The van der Waals surface area contributed by atoms with E-state index < -0.39 is 0 Å². The second-order valence-electron chi connectivity index (χ2n) is 4.57. The fourth-order valence-electron chi connectivity index (χ4n) is 2.17. The molecule has 1 heterocycles. The van der Waals surface area contributed by atoms with Gasteiger partial charge in [-0.1, -0.05) is 6.92 Å². The predicted octanol–water partition coefficient (Wildman–Crippen LogP) is 3.23. The number of hydrogen-bond acceptors (Lipinski definition) is 2. The highest BCUT2D eigenvalue weighted by atomic mass is 19.1. The summed E-state index contributed by atoms with van der Waals surface area (Å²) in [4.78, 5) is 15.9. The number of aromatic nitrogens is 2. The van der Waals surface area contributed by atoms with Gasteiger partial charge in [0.2, 0.25) is 0 Å². The molecule has 2 aromatic rings. The zero-order chi connectivity index (χ0) is 13.8. The first-order valence-electron chi connectivity index (χ1n) is 6.41. The Balaban J connectivity index is 2.34. The molecule has 1 aromatic carbocycles. The minimum absolute atomic E-state index is 0.0522. The molecule has 0 unspecified atom stereocenters. The van der Waals surface area contributed by atoms with Crippen molar-refractivity contribution in [2.45, 2.75) is 33.2 Å². The lowest BCUT2D eigenvalue weighted by Gasteiger charge is -2.09. The van der Waals surface area contributed by atoms with Gasteiger partial charge in [0.05, 0.1) is 0 Å². The third-order valence-corrected chi connectivity index (χ3v) is 3.06. The number of carbonyl (C=O) groups excluding carboxylic acids is 1. The van der Waals surface area contributed by atoms with Crippen molar-refractivity contribution in [3.63, 3.8) is 0 Å². The molecule has 19 heavy (non-hydrogen) atoms. The van der Waals surface area contributed by atoms with Gasteiger partial charge in [-0.3, -0.25) is 4.79 Å². The molecular formula is C15H17FN2O. The van der Waals surface area contributed by atoms with E-state index in [4.69, 9.17) is 0 Å². The van der Waals surface area contributed by atoms with Crippen molar-refractivity contribution in [2.75, 3.05) is 0 Å². The normalized spacial score (nSPS) is 10.7. The van der Waals surface area contributed by atoms with E-state index in [0.717, 1.165) is 18.8 Å². The molecule has 1 aromatic heterocycles. The summed E-state index contributed by atoms with van der Waals surface area (Å²) in [5.74, 6) is 0.479. The van der Waals surface area contributed by atoms with E-state index in [0.29, 0.717) is 17.5 Å². The van der Waals surface area contributed by atoms with Gasteiger partial charge < -0.3 is 4.57 Å². The lowest BCUT2D eigenvalue weighted by molar-refractivity contribution is 0.101. The number of carbonyl (C=O) groups is 1. The first-order chi connectivity index (χ1) is 9.11. The molecule has 0 radical (unpaired) electrons. The van der Waals surface area contributed by atoms with Crippen LogP contribution in [-0.4, -0.2) is 15.3 Å². The number of halogens is 1. The number of Topliss-reactive ketones (excluding diaryl/α,β-unsaturated/α-hetero) is 1. The van der Waals surface area contributed by atoms with Crippen molar-refractivity contribution < 1.29 is 9.18 Å². The van der Waals surface area contributed by atoms with Gasteiger partial charge in [0.15, 0.2) is 5.78 Å². The molecular weight excluding hydrogens is 243 g/mol. The van der Waals surface area contributed by atoms with E-state index in [9.17, 15) is 9.18 Å². The van der Waals surface area contributed by atoms with Crippen LogP contribution in [-0.2, 0) is 13.0 Å². The van der Waals surface area contributed by atoms with Gasteiger partial charge in [-0.05, 0) is 37.1 Å². The van der Waals surface area contributed by atoms with E-state index >= 15 is 0 Å². The molecule has 0 aliphatic heterocycles. The molecule has 0 aliphatic carbocycles. The molecule has 0 saturated heterocycles. The minimum atomic E-state index is -0.325. The van der Waals surface area contributed by atoms with Crippen molar-refractivity contribution in [2.24, 2.45) is 0 Å². The van der Waals surface area contributed by atoms with E-state index in [1.165, 1.54) is 19.1 Å². The molecule has 0 amide bonds. The van der Waals surface area contributed by atoms with Crippen LogP contribution in [0, 0.1) is 5.82 Å². The maximum absolute atomic E-state index is 13.3. The summed E-state index contributed by atoms with van der Waals surface area (Å²) < 4.78 is 15.4. The summed E-state index contributed by atoms with van der Waals surface area (Å²) in [5, 5.41) is 0. The lowest BCUT2D eigenvalue weighted by atomic mass is 10.0. The largest absolute Gasteiger partial charge is 0.335 e. The number of benzene rings is 1. The predicted molar refractivity (Wildman–Crippen MR) is 71.7 cm³/mol. The number of ketones is 1. The molecule has 0 bridgehead atoms. The topological polar surface area (TPSA) is 34.9 Å². The Morgan fingerprint density at radius 3 is 2.89 bits per heavy atom. The van der Waals surface area contributed by atoms with Crippen molar-refractivity contribution in [3.05, 3.63) is 53.4 Å². The summed E-state index contributed by atoms with van der Waals surface area (Å²) >= 11 is 0. The fraction of sp³-hybridized carbons (Fsp3) is 0.333. The van der Waals surface area contributed by atoms with Crippen LogP contribution in [0.15, 0.2) is 30.6 Å². The number of nitrogens with zero attached hydrogens (tertiary/aromatic N) is 2. The quantitative estimate of drug-likeness (QED) is 0.774. The summed E-state index contributed by atoms with van der Waals surface area (Å²) in [6.45, 7) is 4.46. The number of hydrogen-bond donors (Lipinski definition) is 0. The standard InChI is InChI=1S/C15H17FN2O/c1-3-7-18-8-6-17-15(18)10-12-9-13(16)4-5-14(12)11(2)19/h4-6,8-9H,3,7,10H2,1-2H3. The average molecular weight is 260 g/mol. The molecule has 0 N–H and O–H groups in total. The summed E-state index contributed by atoms with van der Waals surface area (Å²) in [6.07, 6.45) is 5.12. The van der Waals surface area contributed by atoms with E-state index in [1.54, 1.807) is 12.3 Å². The number of imidazole rings is 1. The Morgan fingerprint density at radius 2 is 2.21 bits per heavy atom. The molecule has 3 nitrogen and oxygen atoms in total. The monoisotopic (exact) mass is 260 g/mol. The van der Waals surface area contributed by atoms with Crippen LogP contribution in [0.3, 0.4) is 0 Å². The SMILES string of the molecule is CCCn1ccnc1Cc1cc(F)ccc1C(C)=O. The highest BCUT2D eigenvalue weighted by molar-refractivity contribution is 5.95. The molecule has 0 fully saturated rings. The zero-order valence-electron chi connectivity index (χ0n) is 11.2. The van der Waals surface area contributed by atoms with Crippen molar-refractivity contribution in [1.82, 2.24) is 9.55 Å². The van der Waals surface area contributed by atoms with Gasteiger partial charge in [-0.15, -0.1) is 0 Å². The van der Waals surface area contributed by atoms with Crippen LogP contribution in [0.1, 0.15) is 42.0 Å². The van der Waals surface area contributed by atoms with Gasteiger partial charge in [0.25, 0.3) is 0 Å². The maximum atomic E-state index is 13.3. The Hall–Kier alpha value is -1.97. The van der Waals surface area contributed by atoms with Gasteiger partial charge in [-0.25, -0.2) is 9.37 Å². The lowest BCUT2D eigenvalue weighted by Crippen LogP contribution is -2.07. The average Bonchev–Trinajstić information content (AvgIpc) is 2.77. The molecule has 2 rings (SSSR count). The Bertz CT molecular complexity index is 590. The molecule has 0 spiro atoms. The smallest absolute Gasteiger partial charge is 0.160 e. The Labute approximate surface area is 112 Å². The Kier molecular flexibility index (Phi) is 4.10. The van der Waals surface area contributed by atoms with Crippen molar-refractivity contribution in [1.29, 1.82) is 0 Å². The van der Waals surface area contributed by atoms with E-state index in [1.807, 2.05) is 10.8 Å². The minimum Gasteiger partial charge on any atom is -0.335 e. The van der Waals surface area contributed by atoms with E-state index in [2.05, 4.69) is 11.9 Å². The molecule has 0 saturated carbocycles. The van der Waals surface area contributed by atoms with Gasteiger partial charge in [0, 0.05) is 30.9 Å². The second-order valence-corrected chi connectivity index (χ2v) is 4.57. The molecule has 0 atom stereocenters. The first kappa shape index (κ1) is 13.5.